The summed E-state index contributed by atoms with van der Waals surface area (Å²) in [6, 6.07) is 9.87. The highest BCUT2D eigenvalue weighted by molar-refractivity contribution is 5.93. The molecular formula is C20H27N5O2. The summed E-state index contributed by atoms with van der Waals surface area (Å²) in [6.07, 6.45) is 1.00. The molecule has 144 valence electrons. The number of nitrogens with one attached hydrogen (secondary N) is 2. The number of ether oxygens (including phenoxy) is 1. The molecule has 0 spiro atoms. The Morgan fingerprint density at radius 3 is 2.63 bits per heavy atom. The molecule has 1 saturated heterocycles. The van der Waals surface area contributed by atoms with Crippen LogP contribution in [0.25, 0.3) is 0 Å². The molecule has 1 aliphatic rings. The fraction of sp³-hybridized carbons (Fsp3) is 0.450. The van der Waals surface area contributed by atoms with Crippen molar-refractivity contribution >= 4 is 17.4 Å². The molecule has 27 heavy (non-hydrogen) atoms. The zero-order valence-electron chi connectivity index (χ0n) is 16.0. The average molecular weight is 369 g/mol. The molecule has 1 fully saturated rings. The average Bonchev–Trinajstić information content (AvgIpc) is 2.69. The Hall–Kier alpha value is -2.51. The number of rotatable bonds is 7. The number of hydrogen-bond donors (Lipinski definition) is 2. The SMILES string of the molecule is CCc1ccc(Nc2cc(C(=O)NCCN3CCOCC3)nc(C)n2)cc1. The molecule has 1 aliphatic heterocycles. The van der Waals surface area contributed by atoms with Crippen LogP contribution in [-0.2, 0) is 11.2 Å². The lowest BCUT2D eigenvalue weighted by Gasteiger charge is -2.26. The van der Waals surface area contributed by atoms with E-state index in [0.717, 1.165) is 45.0 Å². The molecule has 7 heteroatoms. The van der Waals surface area contributed by atoms with Crippen LogP contribution < -0.4 is 10.6 Å². The van der Waals surface area contributed by atoms with Crippen LogP contribution in [0.2, 0.25) is 0 Å². The topological polar surface area (TPSA) is 79.4 Å². The molecule has 0 bridgehead atoms. The largest absolute Gasteiger partial charge is 0.379 e. The molecule has 2 aromatic rings. The summed E-state index contributed by atoms with van der Waals surface area (Å²) in [7, 11) is 0. The van der Waals surface area contributed by atoms with Gasteiger partial charge in [0.25, 0.3) is 5.91 Å². The third-order valence-corrected chi connectivity index (χ3v) is 4.52. The van der Waals surface area contributed by atoms with E-state index in [-0.39, 0.29) is 5.91 Å². The third kappa shape index (κ3) is 5.74. The molecule has 1 aromatic heterocycles. The predicted octanol–water partition coefficient (Wildman–Crippen LogP) is 2.15. The lowest BCUT2D eigenvalue weighted by atomic mass is 10.1. The fourth-order valence-electron chi connectivity index (χ4n) is 2.96. The van der Waals surface area contributed by atoms with Gasteiger partial charge in [-0.2, -0.15) is 0 Å². The van der Waals surface area contributed by atoms with Crippen LogP contribution in [0.5, 0.6) is 0 Å². The number of carbonyl (C=O) groups excluding carboxylic acids is 1. The first-order valence-corrected chi connectivity index (χ1v) is 9.44. The molecule has 1 amide bonds. The van der Waals surface area contributed by atoms with Gasteiger partial charge in [-0.25, -0.2) is 9.97 Å². The normalized spacial score (nSPS) is 14.7. The number of nitrogens with zero attached hydrogens (tertiary/aromatic N) is 3. The van der Waals surface area contributed by atoms with Gasteiger partial charge in [-0.1, -0.05) is 19.1 Å². The minimum Gasteiger partial charge on any atom is -0.379 e. The van der Waals surface area contributed by atoms with Crippen molar-refractivity contribution in [1.82, 2.24) is 20.2 Å². The zero-order valence-corrected chi connectivity index (χ0v) is 16.0. The Kier molecular flexibility index (Phi) is 6.73. The van der Waals surface area contributed by atoms with Gasteiger partial charge in [0.1, 0.15) is 17.3 Å². The van der Waals surface area contributed by atoms with Gasteiger partial charge in [-0.05, 0) is 31.0 Å². The quantitative estimate of drug-likeness (QED) is 0.779. The van der Waals surface area contributed by atoms with Crippen molar-refractivity contribution in [3.05, 3.63) is 47.4 Å². The van der Waals surface area contributed by atoms with E-state index in [1.165, 1.54) is 5.56 Å². The Morgan fingerprint density at radius 1 is 1.19 bits per heavy atom. The van der Waals surface area contributed by atoms with Crippen molar-refractivity contribution in [2.24, 2.45) is 0 Å². The molecule has 2 heterocycles. The number of carbonyl (C=O) groups is 1. The summed E-state index contributed by atoms with van der Waals surface area (Å²) in [4.78, 5) is 23.4. The number of benzene rings is 1. The monoisotopic (exact) mass is 369 g/mol. The molecule has 2 N–H and O–H groups in total. The number of aryl methyl sites for hydroxylation is 2. The van der Waals surface area contributed by atoms with Crippen LogP contribution in [0.15, 0.2) is 30.3 Å². The Morgan fingerprint density at radius 2 is 1.93 bits per heavy atom. The number of aromatic nitrogens is 2. The van der Waals surface area contributed by atoms with Gasteiger partial charge in [0.05, 0.1) is 13.2 Å². The summed E-state index contributed by atoms with van der Waals surface area (Å²) in [6.45, 7) is 8.65. The number of amides is 1. The first kappa shape index (κ1) is 19.3. The van der Waals surface area contributed by atoms with E-state index in [1.54, 1.807) is 13.0 Å². The van der Waals surface area contributed by atoms with Crippen LogP contribution in [0.3, 0.4) is 0 Å². The zero-order chi connectivity index (χ0) is 19.1. The maximum atomic E-state index is 12.5. The lowest BCUT2D eigenvalue weighted by molar-refractivity contribution is 0.0383. The van der Waals surface area contributed by atoms with Crippen molar-refractivity contribution in [3.63, 3.8) is 0 Å². The lowest BCUT2D eigenvalue weighted by Crippen LogP contribution is -2.41. The molecule has 7 nitrogen and oxygen atoms in total. The second-order valence-electron chi connectivity index (χ2n) is 6.57. The summed E-state index contributed by atoms with van der Waals surface area (Å²) in [5.41, 5.74) is 2.58. The molecule has 0 atom stereocenters. The second kappa shape index (κ2) is 9.43. The molecular weight excluding hydrogens is 342 g/mol. The van der Waals surface area contributed by atoms with Gasteiger partial charge in [0, 0.05) is 37.9 Å². The van der Waals surface area contributed by atoms with Gasteiger partial charge in [0.15, 0.2) is 0 Å². The minimum absolute atomic E-state index is 0.182. The van der Waals surface area contributed by atoms with E-state index >= 15 is 0 Å². The van der Waals surface area contributed by atoms with E-state index in [2.05, 4.69) is 44.6 Å². The Balaban J connectivity index is 1.58. The number of morpholine rings is 1. The Bertz CT molecular complexity index is 757. The first-order chi connectivity index (χ1) is 13.1. The third-order valence-electron chi connectivity index (χ3n) is 4.52. The second-order valence-corrected chi connectivity index (χ2v) is 6.57. The van der Waals surface area contributed by atoms with Crippen LogP contribution in [-0.4, -0.2) is 60.2 Å². The number of hydrogen-bond acceptors (Lipinski definition) is 6. The van der Waals surface area contributed by atoms with Crippen LogP contribution in [0.1, 0.15) is 28.8 Å². The van der Waals surface area contributed by atoms with Crippen LogP contribution >= 0.6 is 0 Å². The van der Waals surface area contributed by atoms with Crippen molar-refractivity contribution in [1.29, 1.82) is 0 Å². The summed E-state index contributed by atoms with van der Waals surface area (Å²) in [5, 5.41) is 6.19. The highest BCUT2D eigenvalue weighted by atomic mass is 16.5. The summed E-state index contributed by atoms with van der Waals surface area (Å²) < 4.78 is 5.33. The highest BCUT2D eigenvalue weighted by Gasteiger charge is 2.13. The maximum absolute atomic E-state index is 12.5. The van der Waals surface area contributed by atoms with E-state index in [9.17, 15) is 4.79 Å². The standard InChI is InChI=1S/C20H27N5O2/c1-3-16-4-6-17(7-5-16)24-19-14-18(22-15(2)23-19)20(26)21-8-9-25-10-12-27-13-11-25/h4-7,14H,3,8-13H2,1-2H3,(H,21,26)(H,22,23,24). The summed E-state index contributed by atoms with van der Waals surface area (Å²) >= 11 is 0. The van der Waals surface area contributed by atoms with Crippen molar-refractivity contribution in [2.45, 2.75) is 20.3 Å². The Labute approximate surface area is 160 Å². The smallest absolute Gasteiger partial charge is 0.270 e. The van der Waals surface area contributed by atoms with Crippen molar-refractivity contribution in [3.8, 4) is 0 Å². The molecule has 0 aliphatic carbocycles. The van der Waals surface area contributed by atoms with Gasteiger partial charge >= 0.3 is 0 Å². The van der Waals surface area contributed by atoms with Crippen LogP contribution in [0, 0.1) is 6.92 Å². The van der Waals surface area contributed by atoms with E-state index in [4.69, 9.17) is 4.74 Å². The van der Waals surface area contributed by atoms with Crippen molar-refractivity contribution in [2.75, 3.05) is 44.7 Å². The van der Waals surface area contributed by atoms with Gasteiger partial charge in [-0.3, -0.25) is 9.69 Å². The van der Waals surface area contributed by atoms with E-state index in [0.29, 0.717) is 23.9 Å². The minimum atomic E-state index is -0.182. The van der Waals surface area contributed by atoms with E-state index < -0.39 is 0 Å². The molecule has 0 radical (unpaired) electrons. The number of anilines is 2. The molecule has 0 saturated carbocycles. The molecule has 3 rings (SSSR count). The maximum Gasteiger partial charge on any atom is 0.270 e. The molecule has 0 unspecified atom stereocenters. The molecule has 1 aromatic carbocycles. The van der Waals surface area contributed by atoms with Crippen molar-refractivity contribution < 1.29 is 9.53 Å². The fourth-order valence-corrected chi connectivity index (χ4v) is 2.96. The van der Waals surface area contributed by atoms with Gasteiger partial charge < -0.3 is 15.4 Å². The van der Waals surface area contributed by atoms with E-state index in [1.807, 2.05) is 12.1 Å². The predicted molar refractivity (Wildman–Crippen MR) is 105 cm³/mol. The van der Waals surface area contributed by atoms with Gasteiger partial charge in [-0.15, -0.1) is 0 Å². The first-order valence-electron chi connectivity index (χ1n) is 9.44. The van der Waals surface area contributed by atoms with Crippen LogP contribution in [0.4, 0.5) is 11.5 Å². The summed E-state index contributed by atoms with van der Waals surface area (Å²) in [5.74, 6) is 0.992. The highest BCUT2D eigenvalue weighted by Crippen LogP contribution is 2.16. The van der Waals surface area contributed by atoms with Gasteiger partial charge in [0.2, 0.25) is 0 Å².